The fraction of sp³-hybridized carbons (Fsp3) is 1.00. The summed E-state index contributed by atoms with van der Waals surface area (Å²) >= 11 is 0. The van der Waals surface area contributed by atoms with Crippen LogP contribution >= 0.6 is 0 Å². The number of nitrogens with two attached hydrogens (primary N) is 1. The summed E-state index contributed by atoms with van der Waals surface area (Å²) in [6.07, 6.45) is 2.54. The number of likely N-dealkylation sites (N-methyl/N-ethyl adjacent to an activating group) is 1. The van der Waals surface area contributed by atoms with Gasteiger partial charge in [0, 0.05) is 26.2 Å². The molecule has 1 heterocycles. The van der Waals surface area contributed by atoms with E-state index in [4.69, 9.17) is 5.73 Å². The van der Waals surface area contributed by atoms with E-state index in [1.54, 1.807) is 0 Å². The van der Waals surface area contributed by atoms with Crippen LogP contribution in [0, 0.1) is 5.41 Å². The summed E-state index contributed by atoms with van der Waals surface area (Å²) in [6.45, 7) is 15.0. The van der Waals surface area contributed by atoms with Crippen LogP contribution in [0.4, 0.5) is 0 Å². The van der Waals surface area contributed by atoms with E-state index >= 15 is 0 Å². The lowest BCUT2D eigenvalue weighted by atomic mass is 9.88. The van der Waals surface area contributed by atoms with Crippen molar-refractivity contribution >= 4 is 0 Å². The van der Waals surface area contributed by atoms with E-state index < -0.39 is 0 Å². The minimum absolute atomic E-state index is 0.325. The van der Waals surface area contributed by atoms with Crippen LogP contribution in [0.5, 0.6) is 0 Å². The predicted molar refractivity (Wildman–Crippen MR) is 70.6 cm³/mol. The summed E-state index contributed by atoms with van der Waals surface area (Å²) in [6, 6.07) is 0. The third-order valence-corrected chi connectivity index (χ3v) is 3.79. The van der Waals surface area contributed by atoms with Gasteiger partial charge in [-0.1, -0.05) is 20.8 Å². The van der Waals surface area contributed by atoms with Crippen molar-refractivity contribution in [3.8, 4) is 0 Å². The quantitative estimate of drug-likeness (QED) is 0.744. The van der Waals surface area contributed by atoms with E-state index in [-0.39, 0.29) is 0 Å². The molecular weight excluding hydrogens is 198 g/mol. The van der Waals surface area contributed by atoms with Gasteiger partial charge in [-0.2, -0.15) is 0 Å². The Labute approximate surface area is 101 Å². The molecule has 1 fully saturated rings. The molecule has 0 aromatic heterocycles. The van der Waals surface area contributed by atoms with Gasteiger partial charge in [-0.25, -0.2) is 0 Å². The van der Waals surface area contributed by atoms with E-state index in [0.29, 0.717) is 5.41 Å². The molecule has 16 heavy (non-hydrogen) atoms. The van der Waals surface area contributed by atoms with Gasteiger partial charge in [0.05, 0.1) is 0 Å². The van der Waals surface area contributed by atoms with Crippen LogP contribution in [0.3, 0.4) is 0 Å². The number of rotatable bonds is 6. The largest absolute Gasteiger partial charge is 0.330 e. The Kier molecular flexibility index (Phi) is 5.73. The number of nitrogens with zero attached hydrogens (tertiary/aromatic N) is 2. The van der Waals surface area contributed by atoms with Crippen molar-refractivity contribution in [2.24, 2.45) is 11.1 Å². The van der Waals surface area contributed by atoms with Crippen LogP contribution in [0.2, 0.25) is 0 Å². The smallest absolute Gasteiger partial charge is 0.0110 e. The standard InChI is InChI=1S/C13H29N3/c1-4-15-8-10-16(11-9-15)7-5-6-13(2,3)12-14/h4-12,14H2,1-3H3. The van der Waals surface area contributed by atoms with Gasteiger partial charge in [0.15, 0.2) is 0 Å². The molecule has 0 saturated carbocycles. The van der Waals surface area contributed by atoms with Crippen LogP contribution in [-0.4, -0.2) is 55.6 Å². The van der Waals surface area contributed by atoms with Gasteiger partial charge in [-0.15, -0.1) is 0 Å². The fourth-order valence-corrected chi connectivity index (χ4v) is 2.21. The summed E-state index contributed by atoms with van der Waals surface area (Å²) in [4.78, 5) is 5.12. The highest BCUT2D eigenvalue weighted by Crippen LogP contribution is 2.20. The molecule has 0 bridgehead atoms. The Balaban J connectivity index is 2.11. The molecule has 2 N–H and O–H groups in total. The molecule has 0 atom stereocenters. The van der Waals surface area contributed by atoms with Gasteiger partial charge in [-0.05, 0) is 37.9 Å². The summed E-state index contributed by atoms with van der Waals surface area (Å²) in [7, 11) is 0. The van der Waals surface area contributed by atoms with Crippen LogP contribution in [0.25, 0.3) is 0 Å². The molecule has 3 nitrogen and oxygen atoms in total. The molecule has 1 rings (SSSR count). The zero-order valence-corrected chi connectivity index (χ0v) is 11.3. The molecule has 0 spiro atoms. The van der Waals surface area contributed by atoms with E-state index in [2.05, 4.69) is 30.6 Å². The van der Waals surface area contributed by atoms with E-state index in [1.807, 2.05) is 0 Å². The minimum atomic E-state index is 0.325. The lowest BCUT2D eigenvalue weighted by molar-refractivity contribution is 0.132. The third kappa shape index (κ3) is 4.81. The van der Waals surface area contributed by atoms with Crippen molar-refractivity contribution < 1.29 is 0 Å². The maximum atomic E-state index is 5.74. The van der Waals surface area contributed by atoms with Crippen molar-refractivity contribution in [3.63, 3.8) is 0 Å². The SMILES string of the molecule is CCN1CCN(CCCC(C)(C)CN)CC1. The van der Waals surface area contributed by atoms with Crippen molar-refractivity contribution in [1.29, 1.82) is 0 Å². The molecule has 96 valence electrons. The fourth-order valence-electron chi connectivity index (χ4n) is 2.21. The Morgan fingerprint density at radius 1 is 1.06 bits per heavy atom. The number of hydrogen-bond acceptors (Lipinski definition) is 3. The maximum absolute atomic E-state index is 5.74. The Hall–Kier alpha value is -0.120. The lowest BCUT2D eigenvalue weighted by Gasteiger charge is -2.34. The van der Waals surface area contributed by atoms with Gasteiger partial charge in [-0.3, -0.25) is 0 Å². The summed E-state index contributed by atoms with van der Waals surface area (Å²) in [5, 5.41) is 0. The van der Waals surface area contributed by atoms with Crippen LogP contribution in [-0.2, 0) is 0 Å². The second-order valence-electron chi connectivity index (χ2n) is 5.75. The van der Waals surface area contributed by atoms with E-state index in [9.17, 15) is 0 Å². The molecule has 1 aliphatic rings. The average Bonchev–Trinajstić information content (AvgIpc) is 2.30. The van der Waals surface area contributed by atoms with Gasteiger partial charge < -0.3 is 15.5 Å². The number of hydrogen-bond donors (Lipinski definition) is 1. The highest BCUT2D eigenvalue weighted by molar-refractivity contribution is 4.73. The average molecular weight is 227 g/mol. The van der Waals surface area contributed by atoms with Gasteiger partial charge in [0.25, 0.3) is 0 Å². The normalized spacial score (nSPS) is 20.2. The molecule has 0 aromatic carbocycles. The first-order chi connectivity index (χ1) is 7.57. The molecule has 0 unspecified atom stereocenters. The predicted octanol–water partition coefficient (Wildman–Crippen LogP) is 1.39. The summed E-state index contributed by atoms with van der Waals surface area (Å²) in [5.41, 5.74) is 6.07. The molecule has 0 amide bonds. The summed E-state index contributed by atoms with van der Waals surface area (Å²) in [5.74, 6) is 0. The van der Waals surface area contributed by atoms with Crippen LogP contribution < -0.4 is 5.73 Å². The van der Waals surface area contributed by atoms with Gasteiger partial charge in [0.2, 0.25) is 0 Å². The van der Waals surface area contributed by atoms with Gasteiger partial charge in [0.1, 0.15) is 0 Å². The zero-order valence-electron chi connectivity index (χ0n) is 11.3. The Bertz CT molecular complexity index is 184. The van der Waals surface area contributed by atoms with Crippen LogP contribution in [0.1, 0.15) is 33.6 Å². The molecular formula is C13H29N3. The zero-order chi connectivity index (χ0) is 12.0. The first-order valence-corrected chi connectivity index (χ1v) is 6.72. The van der Waals surface area contributed by atoms with E-state index in [1.165, 1.54) is 52.1 Å². The topological polar surface area (TPSA) is 32.5 Å². The highest BCUT2D eigenvalue weighted by Gasteiger charge is 2.18. The molecule has 0 aliphatic carbocycles. The van der Waals surface area contributed by atoms with Crippen molar-refractivity contribution in [2.75, 3.05) is 45.8 Å². The molecule has 0 aromatic rings. The summed E-state index contributed by atoms with van der Waals surface area (Å²) < 4.78 is 0. The molecule has 1 saturated heterocycles. The number of piperazine rings is 1. The van der Waals surface area contributed by atoms with E-state index in [0.717, 1.165) is 6.54 Å². The van der Waals surface area contributed by atoms with Crippen molar-refractivity contribution in [2.45, 2.75) is 33.6 Å². The minimum Gasteiger partial charge on any atom is -0.330 e. The Morgan fingerprint density at radius 2 is 1.62 bits per heavy atom. The Morgan fingerprint density at radius 3 is 2.12 bits per heavy atom. The second-order valence-corrected chi connectivity index (χ2v) is 5.75. The van der Waals surface area contributed by atoms with Crippen molar-refractivity contribution in [3.05, 3.63) is 0 Å². The van der Waals surface area contributed by atoms with Crippen molar-refractivity contribution in [1.82, 2.24) is 9.80 Å². The third-order valence-electron chi connectivity index (χ3n) is 3.79. The first-order valence-electron chi connectivity index (χ1n) is 6.72. The highest BCUT2D eigenvalue weighted by atomic mass is 15.3. The maximum Gasteiger partial charge on any atom is 0.0110 e. The van der Waals surface area contributed by atoms with Crippen LogP contribution in [0.15, 0.2) is 0 Å². The molecule has 3 heteroatoms. The monoisotopic (exact) mass is 227 g/mol. The molecule has 1 aliphatic heterocycles. The lowest BCUT2D eigenvalue weighted by Crippen LogP contribution is -2.46. The molecule has 0 radical (unpaired) electrons. The first kappa shape index (κ1) is 13.9. The van der Waals surface area contributed by atoms with Gasteiger partial charge >= 0.3 is 0 Å². The second kappa shape index (κ2) is 6.58.